The Morgan fingerprint density at radius 2 is 1.83 bits per heavy atom. The van der Waals surface area contributed by atoms with Crippen LogP contribution in [0.15, 0.2) is 52.9 Å². The molecule has 0 atom stereocenters. The third-order valence-electron chi connectivity index (χ3n) is 3.91. The summed E-state index contributed by atoms with van der Waals surface area (Å²) in [6, 6.07) is 13.9. The smallest absolute Gasteiger partial charge is 0.337 e. The maximum Gasteiger partial charge on any atom is 0.337 e. The van der Waals surface area contributed by atoms with Crippen molar-refractivity contribution in [1.29, 1.82) is 0 Å². The summed E-state index contributed by atoms with van der Waals surface area (Å²) in [5, 5.41) is 6.87. The number of anilines is 1. The van der Waals surface area contributed by atoms with Crippen molar-refractivity contribution in [3.8, 4) is 5.75 Å². The van der Waals surface area contributed by atoms with Gasteiger partial charge < -0.3 is 19.2 Å². The molecule has 1 aromatic heterocycles. The Hall–Kier alpha value is -3.46. The summed E-state index contributed by atoms with van der Waals surface area (Å²) in [7, 11) is 1.31. The van der Waals surface area contributed by atoms with E-state index >= 15 is 0 Å². The van der Waals surface area contributed by atoms with Gasteiger partial charge in [-0.05, 0) is 55.5 Å². The van der Waals surface area contributed by atoms with Crippen molar-refractivity contribution in [2.24, 2.45) is 0 Å². The minimum absolute atomic E-state index is 0.0729. The molecule has 0 aliphatic heterocycles. The van der Waals surface area contributed by atoms with Gasteiger partial charge in [-0.15, -0.1) is 5.10 Å². The number of methoxy groups -OCH3 is 1. The molecule has 29 heavy (non-hydrogen) atoms. The highest BCUT2D eigenvalue weighted by atomic mass is 32.1. The van der Waals surface area contributed by atoms with E-state index in [0.29, 0.717) is 17.0 Å². The topological polar surface area (TPSA) is 95.6 Å². The van der Waals surface area contributed by atoms with Gasteiger partial charge in [0.2, 0.25) is 5.91 Å². The summed E-state index contributed by atoms with van der Waals surface area (Å²) in [6.45, 7) is 1.96. The van der Waals surface area contributed by atoms with Gasteiger partial charge in [-0.3, -0.25) is 4.79 Å². The van der Waals surface area contributed by atoms with Crippen LogP contribution in [-0.4, -0.2) is 28.8 Å². The second kappa shape index (κ2) is 9.16. The van der Waals surface area contributed by atoms with Crippen molar-refractivity contribution in [1.82, 2.24) is 9.78 Å². The molecule has 0 spiro atoms. The van der Waals surface area contributed by atoms with Crippen LogP contribution in [0.5, 0.6) is 5.75 Å². The molecular weight excluding hydrogens is 394 g/mol. The van der Waals surface area contributed by atoms with Crippen molar-refractivity contribution in [2.45, 2.75) is 20.1 Å². The molecule has 1 heterocycles. The Morgan fingerprint density at radius 1 is 1.14 bits per heavy atom. The lowest BCUT2D eigenvalue weighted by atomic mass is 10.2. The third kappa shape index (κ3) is 5.52. The lowest BCUT2D eigenvalue weighted by molar-refractivity contribution is -0.117. The van der Waals surface area contributed by atoms with E-state index in [1.807, 2.05) is 31.2 Å². The van der Waals surface area contributed by atoms with Crippen LogP contribution in [0.3, 0.4) is 0 Å². The molecule has 0 bridgehead atoms. The van der Waals surface area contributed by atoms with Crippen LogP contribution in [0.1, 0.15) is 21.8 Å². The van der Waals surface area contributed by atoms with E-state index in [1.54, 1.807) is 24.3 Å². The molecule has 0 unspecified atom stereocenters. The maximum absolute atomic E-state index is 12.2. The van der Waals surface area contributed by atoms with Crippen molar-refractivity contribution < 1.29 is 23.5 Å². The van der Waals surface area contributed by atoms with Gasteiger partial charge in [0.1, 0.15) is 12.3 Å². The lowest BCUT2D eigenvalue weighted by Gasteiger charge is -2.06. The molecule has 0 saturated heterocycles. The molecule has 0 fully saturated rings. The van der Waals surface area contributed by atoms with E-state index in [1.165, 1.54) is 11.8 Å². The molecule has 150 valence electrons. The first-order chi connectivity index (χ1) is 13.9. The Labute approximate surface area is 172 Å². The molecule has 0 aliphatic rings. The van der Waals surface area contributed by atoms with Gasteiger partial charge >= 0.3 is 5.97 Å². The molecule has 0 aliphatic carbocycles. The van der Waals surface area contributed by atoms with E-state index < -0.39 is 5.97 Å². The van der Waals surface area contributed by atoms with Crippen LogP contribution in [-0.2, 0) is 22.7 Å². The number of benzene rings is 2. The zero-order chi connectivity index (χ0) is 20.8. The van der Waals surface area contributed by atoms with Crippen LogP contribution < -0.4 is 10.1 Å². The van der Waals surface area contributed by atoms with E-state index in [9.17, 15) is 9.59 Å². The van der Waals surface area contributed by atoms with E-state index in [2.05, 4.69) is 15.2 Å². The first-order valence-electron chi connectivity index (χ1n) is 8.69. The van der Waals surface area contributed by atoms with Gasteiger partial charge in [0.25, 0.3) is 10.7 Å². The predicted molar refractivity (Wildman–Crippen MR) is 107 cm³/mol. The lowest BCUT2D eigenvalue weighted by Crippen LogP contribution is -2.19. The summed E-state index contributed by atoms with van der Waals surface area (Å²) in [6.07, 6.45) is 0. The fourth-order valence-corrected chi connectivity index (χ4v) is 2.63. The van der Waals surface area contributed by atoms with Crippen molar-refractivity contribution in [2.75, 3.05) is 12.4 Å². The molecule has 1 amide bonds. The zero-order valence-corrected chi connectivity index (χ0v) is 16.7. The van der Waals surface area contributed by atoms with Crippen LogP contribution in [0.2, 0.25) is 0 Å². The van der Waals surface area contributed by atoms with Crippen molar-refractivity contribution in [3.05, 3.63) is 70.4 Å². The van der Waals surface area contributed by atoms with E-state index in [-0.39, 0.29) is 29.8 Å². The summed E-state index contributed by atoms with van der Waals surface area (Å²) in [5.74, 6) is 0.161. The number of hydrogen-bond donors (Lipinski definition) is 1. The molecule has 9 heteroatoms. The number of aryl methyl sites for hydroxylation is 1. The molecule has 1 N–H and O–H groups in total. The first kappa shape index (κ1) is 20.3. The SMILES string of the molecule is COC(=O)c1ccc(NC(=O)Cn2nc(COc3ccc(C)cc3)oc2=S)cc1. The normalized spacial score (nSPS) is 10.4. The Bertz CT molecular complexity index is 1050. The second-order valence-electron chi connectivity index (χ2n) is 6.14. The number of aromatic nitrogens is 2. The van der Waals surface area contributed by atoms with E-state index in [4.69, 9.17) is 21.4 Å². The summed E-state index contributed by atoms with van der Waals surface area (Å²) >= 11 is 5.11. The number of nitrogens with one attached hydrogen (secondary N) is 1. The van der Waals surface area contributed by atoms with Gasteiger partial charge in [0.15, 0.2) is 6.61 Å². The van der Waals surface area contributed by atoms with Crippen LogP contribution in [0.4, 0.5) is 5.69 Å². The van der Waals surface area contributed by atoms with Crippen molar-refractivity contribution in [3.63, 3.8) is 0 Å². The number of amides is 1. The molecule has 0 radical (unpaired) electrons. The van der Waals surface area contributed by atoms with Crippen LogP contribution in [0.25, 0.3) is 0 Å². The summed E-state index contributed by atoms with van der Waals surface area (Å²) < 4.78 is 16.9. The average molecular weight is 413 g/mol. The minimum atomic E-state index is -0.447. The molecule has 0 saturated carbocycles. The summed E-state index contributed by atoms with van der Waals surface area (Å²) in [5.41, 5.74) is 2.05. The first-order valence-corrected chi connectivity index (χ1v) is 9.10. The number of ether oxygens (including phenoxy) is 2. The molecule has 3 rings (SSSR count). The predicted octanol–water partition coefficient (Wildman–Crippen LogP) is 3.52. The molecule has 8 nitrogen and oxygen atoms in total. The Kier molecular flexibility index (Phi) is 6.40. The number of rotatable bonds is 7. The standard InChI is InChI=1S/C20H19N3O5S/c1-13-3-9-16(10-4-13)27-12-18-22-23(20(29)28-18)11-17(24)21-15-7-5-14(6-8-15)19(25)26-2/h3-10H,11-12H2,1-2H3,(H,21,24). The van der Waals surface area contributed by atoms with Crippen LogP contribution >= 0.6 is 12.2 Å². The monoisotopic (exact) mass is 413 g/mol. The molecule has 2 aromatic carbocycles. The highest BCUT2D eigenvalue weighted by Gasteiger charge is 2.11. The number of esters is 1. The minimum Gasteiger partial charge on any atom is -0.484 e. The number of carbonyl (C=O) groups is 2. The number of nitrogens with zero attached hydrogens (tertiary/aromatic N) is 2. The van der Waals surface area contributed by atoms with Gasteiger partial charge in [0.05, 0.1) is 12.7 Å². The molecule has 3 aromatic rings. The summed E-state index contributed by atoms with van der Waals surface area (Å²) in [4.78, 5) is 23.8. The fraction of sp³-hybridized carbons (Fsp3) is 0.200. The van der Waals surface area contributed by atoms with Gasteiger partial charge in [-0.2, -0.15) is 0 Å². The maximum atomic E-state index is 12.2. The average Bonchev–Trinajstić information content (AvgIpc) is 3.06. The zero-order valence-electron chi connectivity index (χ0n) is 15.9. The van der Waals surface area contributed by atoms with Crippen molar-refractivity contribution >= 4 is 29.8 Å². The molecular formula is C20H19N3O5S. The highest BCUT2D eigenvalue weighted by molar-refractivity contribution is 7.71. The Balaban J connectivity index is 1.57. The van der Waals surface area contributed by atoms with E-state index in [0.717, 1.165) is 5.56 Å². The van der Waals surface area contributed by atoms with Gasteiger partial charge in [-0.25, -0.2) is 9.48 Å². The highest BCUT2D eigenvalue weighted by Crippen LogP contribution is 2.14. The number of hydrogen-bond acceptors (Lipinski definition) is 7. The largest absolute Gasteiger partial charge is 0.484 e. The Morgan fingerprint density at radius 3 is 2.48 bits per heavy atom. The quantitative estimate of drug-likeness (QED) is 0.468. The second-order valence-corrected chi connectivity index (χ2v) is 6.49. The van der Waals surface area contributed by atoms with Gasteiger partial charge in [-0.1, -0.05) is 17.7 Å². The van der Waals surface area contributed by atoms with Gasteiger partial charge in [0, 0.05) is 5.69 Å². The van der Waals surface area contributed by atoms with Crippen LogP contribution in [0, 0.1) is 11.8 Å². The third-order valence-corrected chi connectivity index (χ3v) is 4.21. The fourth-order valence-electron chi connectivity index (χ4n) is 2.43. The number of carbonyl (C=O) groups excluding carboxylic acids is 2.